The van der Waals surface area contributed by atoms with E-state index in [9.17, 15) is 9.59 Å². The van der Waals surface area contributed by atoms with Crippen molar-refractivity contribution in [2.24, 2.45) is 5.92 Å². The van der Waals surface area contributed by atoms with E-state index in [2.05, 4.69) is 16.0 Å². The van der Waals surface area contributed by atoms with Crippen LogP contribution in [0.2, 0.25) is 0 Å². The fourth-order valence-electron chi connectivity index (χ4n) is 2.34. The first-order valence-corrected chi connectivity index (χ1v) is 7.49. The summed E-state index contributed by atoms with van der Waals surface area (Å²) in [4.78, 5) is 24.1. The van der Waals surface area contributed by atoms with E-state index in [0.29, 0.717) is 36.7 Å². The van der Waals surface area contributed by atoms with Gasteiger partial charge in [0, 0.05) is 31.3 Å². The first kappa shape index (κ1) is 19.4. The van der Waals surface area contributed by atoms with E-state index in [-0.39, 0.29) is 24.2 Å². The van der Waals surface area contributed by atoms with Crippen molar-refractivity contribution in [3.05, 3.63) is 29.3 Å². The van der Waals surface area contributed by atoms with Gasteiger partial charge in [0.15, 0.2) is 0 Å². The molecule has 2 amide bonds. The van der Waals surface area contributed by atoms with E-state index in [1.807, 2.05) is 13.0 Å². The normalized spacial score (nSPS) is 13.7. The fraction of sp³-hybridized carbons (Fsp3) is 0.500. The summed E-state index contributed by atoms with van der Waals surface area (Å²) in [7, 11) is 1.59. The molecule has 1 aromatic carbocycles. The molecule has 23 heavy (non-hydrogen) atoms. The number of anilines is 1. The number of carbonyl (C=O) groups excluding carboxylic acids is 2. The molecule has 1 aromatic rings. The lowest BCUT2D eigenvalue weighted by Crippen LogP contribution is -2.43. The zero-order chi connectivity index (χ0) is 15.9. The van der Waals surface area contributed by atoms with Crippen molar-refractivity contribution in [1.29, 1.82) is 0 Å². The van der Waals surface area contributed by atoms with E-state index in [0.717, 1.165) is 18.7 Å². The molecule has 1 heterocycles. The van der Waals surface area contributed by atoms with Crippen LogP contribution in [0.25, 0.3) is 0 Å². The van der Waals surface area contributed by atoms with Gasteiger partial charge in [0.2, 0.25) is 5.91 Å². The highest BCUT2D eigenvalue weighted by molar-refractivity contribution is 5.99. The third-order valence-corrected chi connectivity index (χ3v) is 3.78. The van der Waals surface area contributed by atoms with Crippen LogP contribution in [0.1, 0.15) is 22.3 Å². The molecule has 2 rings (SSSR count). The van der Waals surface area contributed by atoms with Gasteiger partial charge in [-0.15, -0.1) is 12.4 Å². The van der Waals surface area contributed by atoms with Crippen LogP contribution in [0.5, 0.6) is 0 Å². The van der Waals surface area contributed by atoms with Gasteiger partial charge in [-0.1, -0.05) is 6.07 Å². The Hall–Kier alpha value is -1.63. The molecule has 6 nitrogen and oxygen atoms in total. The molecule has 0 spiro atoms. The molecule has 1 aliphatic heterocycles. The standard InChI is InChI=1S/C16H23N3O3.ClH/c1-11-13(16(21)18-6-7-22-2)4-3-5-14(11)19-15(20)8-12-9-17-10-12;/h3-5,12,17H,6-10H2,1-2H3,(H,18,21)(H,19,20);1H. The van der Waals surface area contributed by atoms with E-state index in [1.54, 1.807) is 19.2 Å². The number of hydrogen-bond donors (Lipinski definition) is 3. The van der Waals surface area contributed by atoms with Crippen molar-refractivity contribution >= 4 is 29.9 Å². The van der Waals surface area contributed by atoms with Gasteiger partial charge < -0.3 is 20.7 Å². The number of nitrogens with one attached hydrogen (secondary N) is 3. The van der Waals surface area contributed by atoms with Crippen molar-refractivity contribution in [2.75, 3.05) is 38.7 Å². The minimum absolute atomic E-state index is 0. The molecule has 1 saturated heterocycles. The average Bonchev–Trinajstić information content (AvgIpc) is 2.45. The molecule has 0 aromatic heterocycles. The lowest BCUT2D eigenvalue weighted by Gasteiger charge is -2.26. The van der Waals surface area contributed by atoms with Gasteiger partial charge in [0.05, 0.1) is 6.61 Å². The van der Waals surface area contributed by atoms with Gasteiger partial charge in [-0.05, 0) is 43.6 Å². The van der Waals surface area contributed by atoms with Gasteiger partial charge in [-0.25, -0.2) is 0 Å². The Morgan fingerprint density at radius 3 is 2.70 bits per heavy atom. The number of hydrogen-bond acceptors (Lipinski definition) is 4. The SMILES string of the molecule is COCCNC(=O)c1cccc(NC(=O)CC2CNC2)c1C.Cl. The van der Waals surface area contributed by atoms with Crippen molar-refractivity contribution < 1.29 is 14.3 Å². The van der Waals surface area contributed by atoms with Crippen LogP contribution < -0.4 is 16.0 Å². The molecule has 0 unspecified atom stereocenters. The molecular formula is C16H24ClN3O3. The van der Waals surface area contributed by atoms with Gasteiger partial charge >= 0.3 is 0 Å². The van der Waals surface area contributed by atoms with Gasteiger partial charge in [0.1, 0.15) is 0 Å². The number of carbonyl (C=O) groups is 2. The van der Waals surface area contributed by atoms with Crippen molar-refractivity contribution in [2.45, 2.75) is 13.3 Å². The summed E-state index contributed by atoms with van der Waals surface area (Å²) < 4.78 is 4.91. The first-order chi connectivity index (χ1) is 10.6. The summed E-state index contributed by atoms with van der Waals surface area (Å²) in [5.74, 6) is 0.251. The molecule has 7 heteroatoms. The van der Waals surface area contributed by atoms with Crippen LogP contribution in [0.3, 0.4) is 0 Å². The smallest absolute Gasteiger partial charge is 0.251 e. The number of amides is 2. The molecule has 1 aliphatic rings. The zero-order valence-corrected chi connectivity index (χ0v) is 14.3. The van der Waals surface area contributed by atoms with E-state index < -0.39 is 0 Å². The number of benzene rings is 1. The third-order valence-electron chi connectivity index (χ3n) is 3.78. The Morgan fingerprint density at radius 2 is 2.09 bits per heavy atom. The van der Waals surface area contributed by atoms with Crippen LogP contribution in [-0.4, -0.2) is 45.2 Å². The molecule has 0 radical (unpaired) electrons. The largest absolute Gasteiger partial charge is 0.383 e. The highest BCUT2D eigenvalue weighted by Crippen LogP contribution is 2.20. The number of methoxy groups -OCH3 is 1. The maximum Gasteiger partial charge on any atom is 0.251 e. The van der Waals surface area contributed by atoms with Crippen LogP contribution in [0.4, 0.5) is 5.69 Å². The predicted molar refractivity (Wildman–Crippen MR) is 92.2 cm³/mol. The Balaban J connectivity index is 0.00000264. The second-order valence-electron chi connectivity index (χ2n) is 5.50. The third kappa shape index (κ3) is 5.49. The quantitative estimate of drug-likeness (QED) is 0.654. The molecular weight excluding hydrogens is 318 g/mol. The minimum atomic E-state index is -0.158. The lowest BCUT2D eigenvalue weighted by atomic mass is 9.99. The van der Waals surface area contributed by atoms with Gasteiger partial charge in [-0.3, -0.25) is 9.59 Å². The highest BCUT2D eigenvalue weighted by atomic mass is 35.5. The molecule has 0 bridgehead atoms. The topological polar surface area (TPSA) is 79.5 Å². The molecule has 1 fully saturated rings. The Kier molecular flexibility index (Phi) is 8.02. The second-order valence-corrected chi connectivity index (χ2v) is 5.50. The van der Waals surface area contributed by atoms with E-state index >= 15 is 0 Å². The molecule has 0 saturated carbocycles. The molecule has 3 N–H and O–H groups in total. The summed E-state index contributed by atoms with van der Waals surface area (Å²) in [6.45, 7) is 4.56. The van der Waals surface area contributed by atoms with Gasteiger partial charge in [0.25, 0.3) is 5.91 Å². The average molecular weight is 342 g/mol. The van der Waals surface area contributed by atoms with Crippen LogP contribution in [-0.2, 0) is 9.53 Å². The Bertz CT molecular complexity index is 547. The summed E-state index contributed by atoms with van der Waals surface area (Å²) in [5.41, 5.74) is 2.04. The first-order valence-electron chi connectivity index (χ1n) is 7.49. The number of halogens is 1. The maximum atomic E-state index is 12.1. The van der Waals surface area contributed by atoms with E-state index in [1.165, 1.54) is 0 Å². The van der Waals surface area contributed by atoms with Crippen molar-refractivity contribution in [3.8, 4) is 0 Å². The summed E-state index contributed by atoms with van der Waals surface area (Å²) in [6, 6.07) is 5.35. The summed E-state index contributed by atoms with van der Waals surface area (Å²) in [5, 5.41) is 8.83. The van der Waals surface area contributed by atoms with Crippen LogP contribution >= 0.6 is 12.4 Å². The van der Waals surface area contributed by atoms with Crippen molar-refractivity contribution in [1.82, 2.24) is 10.6 Å². The monoisotopic (exact) mass is 341 g/mol. The van der Waals surface area contributed by atoms with Crippen LogP contribution in [0, 0.1) is 12.8 Å². The van der Waals surface area contributed by atoms with Crippen molar-refractivity contribution in [3.63, 3.8) is 0 Å². The Morgan fingerprint density at radius 1 is 1.35 bits per heavy atom. The van der Waals surface area contributed by atoms with Crippen LogP contribution in [0.15, 0.2) is 18.2 Å². The predicted octanol–water partition coefficient (Wildman–Crippen LogP) is 1.34. The number of rotatable bonds is 7. The lowest BCUT2D eigenvalue weighted by molar-refractivity contribution is -0.117. The fourth-order valence-corrected chi connectivity index (χ4v) is 2.34. The second kappa shape index (κ2) is 9.50. The summed E-state index contributed by atoms with van der Waals surface area (Å²) >= 11 is 0. The highest BCUT2D eigenvalue weighted by Gasteiger charge is 2.20. The number of ether oxygens (including phenoxy) is 1. The maximum absolute atomic E-state index is 12.1. The zero-order valence-electron chi connectivity index (χ0n) is 13.5. The molecule has 0 atom stereocenters. The van der Waals surface area contributed by atoms with Gasteiger partial charge in [-0.2, -0.15) is 0 Å². The minimum Gasteiger partial charge on any atom is -0.383 e. The van der Waals surface area contributed by atoms with E-state index in [4.69, 9.17) is 4.74 Å². The molecule has 128 valence electrons. The molecule has 0 aliphatic carbocycles. The Labute approximate surface area is 142 Å². The summed E-state index contributed by atoms with van der Waals surface area (Å²) in [6.07, 6.45) is 0.511.